The number of benzene rings is 1. The van der Waals surface area contributed by atoms with Crippen LogP contribution >= 0.6 is 0 Å². The maximum absolute atomic E-state index is 12.5. The third-order valence-corrected chi connectivity index (χ3v) is 3.68. The maximum atomic E-state index is 12.5. The monoisotopic (exact) mass is 347 g/mol. The number of nitrogens with one attached hydrogen (secondary N) is 3. The van der Waals surface area contributed by atoms with Crippen LogP contribution in [0.25, 0.3) is 0 Å². The van der Waals surface area contributed by atoms with E-state index in [2.05, 4.69) is 16.2 Å². The Morgan fingerprint density at radius 1 is 1.12 bits per heavy atom. The van der Waals surface area contributed by atoms with Crippen molar-refractivity contribution in [1.29, 1.82) is 0 Å². The summed E-state index contributed by atoms with van der Waals surface area (Å²) in [7, 11) is 0. The molecule has 0 aliphatic heterocycles. The van der Waals surface area contributed by atoms with Crippen LogP contribution in [0, 0.1) is 12.8 Å². The van der Waals surface area contributed by atoms with E-state index >= 15 is 0 Å². The van der Waals surface area contributed by atoms with E-state index < -0.39 is 23.6 Å². The van der Waals surface area contributed by atoms with Gasteiger partial charge in [0.2, 0.25) is 5.91 Å². The van der Waals surface area contributed by atoms with Crippen molar-refractivity contribution >= 4 is 17.9 Å². The lowest BCUT2D eigenvalue weighted by Crippen LogP contribution is -2.49. The number of rotatable bonds is 4. The van der Waals surface area contributed by atoms with E-state index in [1.807, 2.05) is 19.1 Å². The average Bonchev–Trinajstić information content (AvgIpc) is 3.34. The highest BCUT2D eigenvalue weighted by atomic mass is 16.6. The molecule has 7 heteroatoms. The lowest BCUT2D eigenvalue weighted by atomic mass is 10.0. The van der Waals surface area contributed by atoms with Gasteiger partial charge in [-0.05, 0) is 51.7 Å². The zero-order valence-corrected chi connectivity index (χ0v) is 15.0. The third kappa shape index (κ3) is 5.77. The number of amides is 3. The van der Waals surface area contributed by atoms with Crippen molar-refractivity contribution < 1.29 is 19.1 Å². The molecule has 0 aromatic heterocycles. The minimum Gasteiger partial charge on any atom is -0.444 e. The van der Waals surface area contributed by atoms with Crippen LogP contribution in [0.4, 0.5) is 4.79 Å². The van der Waals surface area contributed by atoms with Gasteiger partial charge in [-0.3, -0.25) is 20.4 Å². The highest BCUT2D eigenvalue weighted by Crippen LogP contribution is 2.28. The van der Waals surface area contributed by atoms with E-state index in [4.69, 9.17) is 4.74 Å². The van der Waals surface area contributed by atoms with Crippen LogP contribution in [-0.4, -0.2) is 23.5 Å². The van der Waals surface area contributed by atoms with Gasteiger partial charge in [-0.2, -0.15) is 0 Å². The molecule has 2 rings (SSSR count). The normalized spacial score (nSPS) is 15.0. The molecule has 25 heavy (non-hydrogen) atoms. The Balaban J connectivity index is 2.10. The van der Waals surface area contributed by atoms with Gasteiger partial charge in [-0.25, -0.2) is 4.79 Å². The number of aryl methyl sites for hydroxylation is 1. The van der Waals surface area contributed by atoms with Crippen molar-refractivity contribution in [3.63, 3.8) is 0 Å². The van der Waals surface area contributed by atoms with E-state index in [9.17, 15) is 14.4 Å². The SMILES string of the molecule is Cc1ccccc1C(NC(=O)OC(C)(C)C)C(=O)NNC(=O)C1CC1. The number of hydrogen-bond acceptors (Lipinski definition) is 4. The molecule has 1 aliphatic rings. The van der Waals surface area contributed by atoms with Crippen LogP contribution in [-0.2, 0) is 14.3 Å². The van der Waals surface area contributed by atoms with Gasteiger partial charge < -0.3 is 10.1 Å². The molecule has 7 nitrogen and oxygen atoms in total. The van der Waals surface area contributed by atoms with Crippen molar-refractivity contribution in [2.75, 3.05) is 0 Å². The molecule has 0 saturated heterocycles. The van der Waals surface area contributed by atoms with E-state index in [-0.39, 0.29) is 11.8 Å². The molecule has 1 aromatic carbocycles. The summed E-state index contributed by atoms with van der Waals surface area (Å²) in [5.74, 6) is -0.778. The van der Waals surface area contributed by atoms with Crippen molar-refractivity contribution in [3.8, 4) is 0 Å². The van der Waals surface area contributed by atoms with Crippen LogP contribution in [0.3, 0.4) is 0 Å². The molecule has 1 aromatic rings. The molecule has 1 saturated carbocycles. The highest BCUT2D eigenvalue weighted by molar-refractivity contribution is 5.90. The van der Waals surface area contributed by atoms with Gasteiger partial charge >= 0.3 is 6.09 Å². The Labute approximate surface area is 147 Å². The fourth-order valence-electron chi connectivity index (χ4n) is 2.26. The van der Waals surface area contributed by atoms with Crippen LogP contribution in [0.1, 0.15) is 50.8 Å². The average molecular weight is 347 g/mol. The molecule has 0 bridgehead atoms. The number of alkyl carbamates (subject to hydrolysis) is 1. The predicted octanol–water partition coefficient (Wildman–Crippen LogP) is 2.12. The molecule has 3 N–H and O–H groups in total. The molecule has 1 atom stereocenters. The molecule has 1 unspecified atom stereocenters. The molecular weight excluding hydrogens is 322 g/mol. The second-order valence-electron chi connectivity index (χ2n) is 7.19. The second kappa shape index (κ2) is 7.55. The maximum Gasteiger partial charge on any atom is 0.408 e. The second-order valence-corrected chi connectivity index (χ2v) is 7.19. The first-order valence-electron chi connectivity index (χ1n) is 8.32. The highest BCUT2D eigenvalue weighted by Gasteiger charge is 2.31. The number of hydrazine groups is 1. The number of carbonyl (C=O) groups excluding carboxylic acids is 3. The Morgan fingerprint density at radius 2 is 1.76 bits per heavy atom. The van der Waals surface area contributed by atoms with Gasteiger partial charge in [0.05, 0.1) is 0 Å². The van der Waals surface area contributed by atoms with Gasteiger partial charge in [0.1, 0.15) is 11.6 Å². The van der Waals surface area contributed by atoms with Crippen molar-refractivity contribution in [3.05, 3.63) is 35.4 Å². The first-order valence-corrected chi connectivity index (χ1v) is 8.32. The predicted molar refractivity (Wildman–Crippen MR) is 92.3 cm³/mol. The topological polar surface area (TPSA) is 96.5 Å². The summed E-state index contributed by atoms with van der Waals surface area (Å²) in [6.45, 7) is 7.07. The number of ether oxygens (including phenoxy) is 1. The summed E-state index contributed by atoms with van der Waals surface area (Å²) in [5, 5.41) is 2.57. The summed E-state index contributed by atoms with van der Waals surface area (Å²) in [5.41, 5.74) is 5.58. The Hall–Kier alpha value is -2.57. The van der Waals surface area contributed by atoms with E-state index in [1.54, 1.807) is 32.9 Å². The quantitative estimate of drug-likeness (QED) is 0.727. The number of hydrogen-bond donors (Lipinski definition) is 3. The smallest absolute Gasteiger partial charge is 0.408 e. The molecule has 0 radical (unpaired) electrons. The fraction of sp³-hybridized carbons (Fsp3) is 0.500. The van der Waals surface area contributed by atoms with E-state index in [0.29, 0.717) is 5.56 Å². The summed E-state index contributed by atoms with van der Waals surface area (Å²) in [6, 6.07) is 6.24. The third-order valence-electron chi connectivity index (χ3n) is 3.68. The van der Waals surface area contributed by atoms with E-state index in [1.165, 1.54) is 0 Å². The van der Waals surface area contributed by atoms with Crippen LogP contribution in [0.2, 0.25) is 0 Å². The molecule has 136 valence electrons. The largest absolute Gasteiger partial charge is 0.444 e. The Kier molecular flexibility index (Phi) is 5.66. The standard InChI is InChI=1S/C18H25N3O4/c1-11-7-5-6-8-13(11)14(19-17(24)25-18(2,3)4)16(23)21-20-15(22)12-9-10-12/h5-8,12,14H,9-10H2,1-4H3,(H,19,24)(H,20,22)(H,21,23). The van der Waals surface area contributed by atoms with Gasteiger partial charge in [0.15, 0.2) is 0 Å². The zero-order chi connectivity index (χ0) is 18.6. The summed E-state index contributed by atoms with van der Waals surface area (Å²) in [6.07, 6.45) is 0.961. The van der Waals surface area contributed by atoms with E-state index in [0.717, 1.165) is 18.4 Å². The zero-order valence-electron chi connectivity index (χ0n) is 15.0. The molecule has 0 heterocycles. The lowest BCUT2D eigenvalue weighted by Gasteiger charge is -2.24. The summed E-state index contributed by atoms with van der Waals surface area (Å²) >= 11 is 0. The van der Waals surface area contributed by atoms with Gasteiger partial charge in [-0.1, -0.05) is 24.3 Å². The van der Waals surface area contributed by atoms with Gasteiger partial charge in [-0.15, -0.1) is 0 Å². The van der Waals surface area contributed by atoms with Crippen LogP contribution in [0.5, 0.6) is 0 Å². The Bertz CT molecular complexity index is 663. The van der Waals surface area contributed by atoms with Gasteiger partial charge in [0.25, 0.3) is 5.91 Å². The Morgan fingerprint density at radius 3 is 2.32 bits per heavy atom. The minimum absolute atomic E-state index is 0.0315. The van der Waals surface area contributed by atoms with Crippen molar-refractivity contribution in [1.82, 2.24) is 16.2 Å². The summed E-state index contributed by atoms with van der Waals surface area (Å²) < 4.78 is 5.24. The van der Waals surface area contributed by atoms with Crippen LogP contribution < -0.4 is 16.2 Å². The molecular formula is C18H25N3O4. The van der Waals surface area contributed by atoms with Crippen molar-refractivity contribution in [2.45, 2.75) is 52.2 Å². The fourth-order valence-corrected chi connectivity index (χ4v) is 2.26. The number of carbonyl (C=O) groups is 3. The van der Waals surface area contributed by atoms with Crippen LogP contribution in [0.15, 0.2) is 24.3 Å². The molecule has 0 spiro atoms. The lowest BCUT2D eigenvalue weighted by molar-refractivity contribution is -0.130. The van der Waals surface area contributed by atoms with Gasteiger partial charge in [0, 0.05) is 5.92 Å². The van der Waals surface area contributed by atoms with Crippen molar-refractivity contribution in [2.24, 2.45) is 5.92 Å². The molecule has 1 aliphatic carbocycles. The first-order chi connectivity index (χ1) is 11.7. The molecule has 1 fully saturated rings. The molecule has 3 amide bonds. The first kappa shape index (κ1) is 18.8. The minimum atomic E-state index is -0.976. The summed E-state index contributed by atoms with van der Waals surface area (Å²) in [4.78, 5) is 36.4.